The van der Waals surface area contributed by atoms with Crippen LogP contribution in [-0.4, -0.2) is 30.6 Å². The summed E-state index contributed by atoms with van der Waals surface area (Å²) in [4.78, 5) is 16.5. The zero-order valence-electron chi connectivity index (χ0n) is 13.8. The summed E-state index contributed by atoms with van der Waals surface area (Å²) in [6, 6.07) is 3.74. The van der Waals surface area contributed by atoms with Crippen molar-refractivity contribution in [3.05, 3.63) is 18.3 Å². The van der Waals surface area contributed by atoms with Gasteiger partial charge < -0.3 is 15.4 Å². The Hall–Kier alpha value is -1.04. The van der Waals surface area contributed by atoms with E-state index in [1.807, 2.05) is 12.1 Å². The monoisotopic (exact) mass is 375 g/mol. The zero-order valence-corrected chi connectivity index (χ0v) is 15.5. The van der Waals surface area contributed by atoms with Crippen LogP contribution in [-0.2, 0) is 4.79 Å². The van der Waals surface area contributed by atoms with Crippen LogP contribution in [0.25, 0.3) is 0 Å². The largest absolute Gasteiger partial charge is 0.489 e. The molecule has 1 aromatic heterocycles. The van der Waals surface area contributed by atoms with Crippen molar-refractivity contribution in [3.8, 4) is 5.75 Å². The number of hydrogen-bond donors (Lipinski definition) is 2. The number of carbonyl (C=O) groups excluding carboxylic acids is 1. The van der Waals surface area contributed by atoms with E-state index in [2.05, 4.69) is 15.6 Å². The van der Waals surface area contributed by atoms with Crippen LogP contribution in [0.15, 0.2) is 18.3 Å². The van der Waals surface area contributed by atoms with Gasteiger partial charge in [0.15, 0.2) is 11.6 Å². The summed E-state index contributed by atoms with van der Waals surface area (Å²) in [6.45, 7) is 2.38. The molecule has 1 aromatic rings. The highest BCUT2D eigenvalue weighted by molar-refractivity contribution is 5.93. The van der Waals surface area contributed by atoms with E-state index in [0.717, 1.165) is 26.1 Å². The quantitative estimate of drug-likeness (QED) is 0.827. The normalized spacial score (nSPS) is 20.6. The van der Waals surface area contributed by atoms with E-state index in [0.29, 0.717) is 17.5 Å². The number of aromatic nitrogens is 1. The van der Waals surface area contributed by atoms with Crippen LogP contribution in [0.3, 0.4) is 0 Å². The predicted octanol–water partition coefficient (Wildman–Crippen LogP) is 3.43. The number of hydrogen-bond acceptors (Lipinski definition) is 4. The van der Waals surface area contributed by atoms with Gasteiger partial charge in [-0.3, -0.25) is 4.79 Å². The highest BCUT2D eigenvalue weighted by atomic mass is 35.5. The van der Waals surface area contributed by atoms with Crippen LogP contribution >= 0.6 is 24.8 Å². The average molecular weight is 376 g/mol. The molecule has 24 heavy (non-hydrogen) atoms. The number of nitrogens with one attached hydrogen (secondary N) is 2. The molecular weight excluding hydrogens is 349 g/mol. The summed E-state index contributed by atoms with van der Waals surface area (Å²) in [5.41, 5.74) is 0. The maximum absolute atomic E-state index is 12.2. The summed E-state index contributed by atoms with van der Waals surface area (Å²) in [5, 5.41) is 6.13. The number of nitrogens with zero attached hydrogens (tertiary/aromatic N) is 1. The lowest BCUT2D eigenvalue weighted by Gasteiger charge is -2.22. The Morgan fingerprint density at radius 3 is 2.75 bits per heavy atom. The van der Waals surface area contributed by atoms with Crippen LogP contribution in [0.1, 0.15) is 38.5 Å². The topological polar surface area (TPSA) is 63.2 Å². The smallest absolute Gasteiger partial charge is 0.230 e. The van der Waals surface area contributed by atoms with E-state index < -0.39 is 0 Å². The Balaban J connectivity index is 0.00000144. The lowest BCUT2D eigenvalue weighted by Crippen LogP contribution is -2.25. The van der Waals surface area contributed by atoms with Crippen LogP contribution in [0.4, 0.5) is 5.82 Å². The van der Waals surface area contributed by atoms with E-state index in [-0.39, 0.29) is 36.6 Å². The van der Waals surface area contributed by atoms with E-state index in [4.69, 9.17) is 4.74 Å². The van der Waals surface area contributed by atoms with E-state index in [1.165, 1.54) is 32.1 Å². The first-order valence-electron chi connectivity index (χ1n) is 8.42. The molecule has 0 bridgehead atoms. The lowest BCUT2D eigenvalue weighted by molar-refractivity contribution is -0.119. The second-order valence-electron chi connectivity index (χ2n) is 6.34. The number of halogens is 2. The molecule has 1 aliphatic carbocycles. The van der Waals surface area contributed by atoms with Gasteiger partial charge in [0.25, 0.3) is 0 Å². The van der Waals surface area contributed by atoms with Crippen molar-refractivity contribution in [1.82, 2.24) is 10.3 Å². The van der Waals surface area contributed by atoms with E-state index in [9.17, 15) is 4.79 Å². The SMILES string of the molecule is Cl.Cl.O=C(Nc1ncccc1OCC1CCCCC1)C1CCNC1. The van der Waals surface area contributed by atoms with Gasteiger partial charge in [-0.05, 0) is 43.9 Å². The van der Waals surface area contributed by atoms with Crippen LogP contribution in [0.5, 0.6) is 5.75 Å². The zero-order chi connectivity index (χ0) is 15.2. The fourth-order valence-corrected chi connectivity index (χ4v) is 3.26. The third-order valence-corrected chi connectivity index (χ3v) is 4.64. The number of amides is 1. The van der Waals surface area contributed by atoms with Crippen molar-refractivity contribution in [2.24, 2.45) is 11.8 Å². The molecule has 0 radical (unpaired) electrons. The Morgan fingerprint density at radius 1 is 1.25 bits per heavy atom. The van der Waals surface area contributed by atoms with Crippen molar-refractivity contribution < 1.29 is 9.53 Å². The van der Waals surface area contributed by atoms with E-state index in [1.54, 1.807) is 6.20 Å². The van der Waals surface area contributed by atoms with E-state index >= 15 is 0 Å². The fraction of sp³-hybridized carbons (Fsp3) is 0.647. The molecule has 1 aliphatic heterocycles. The maximum Gasteiger partial charge on any atom is 0.230 e. The van der Waals surface area contributed by atoms with Crippen molar-refractivity contribution in [2.75, 3.05) is 25.0 Å². The Morgan fingerprint density at radius 2 is 2.04 bits per heavy atom. The highest BCUT2D eigenvalue weighted by Gasteiger charge is 2.23. The van der Waals surface area contributed by atoms with Crippen molar-refractivity contribution >= 4 is 36.5 Å². The first-order chi connectivity index (χ1) is 10.8. The molecule has 3 rings (SSSR count). The van der Waals surface area contributed by atoms with Gasteiger partial charge in [0.05, 0.1) is 12.5 Å². The van der Waals surface area contributed by atoms with Gasteiger partial charge in [0.1, 0.15) is 0 Å². The third kappa shape index (κ3) is 5.80. The predicted molar refractivity (Wildman–Crippen MR) is 100 cm³/mol. The molecule has 1 saturated carbocycles. The van der Waals surface area contributed by atoms with Crippen LogP contribution in [0, 0.1) is 11.8 Å². The van der Waals surface area contributed by atoms with Gasteiger partial charge in [0, 0.05) is 12.7 Å². The molecule has 136 valence electrons. The molecule has 0 spiro atoms. The summed E-state index contributed by atoms with van der Waals surface area (Å²) in [6.07, 6.45) is 9.02. The number of anilines is 1. The highest BCUT2D eigenvalue weighted by Crippen LogP contribution is 2.27. The average Bonchev–Trinajstić information content (AvgIpc) is 3.10. The van der Waals surface area contributed by atoms with Gasteiger partial charge in [-0.25, -0.2) is 4.98 Å². The van der Waals surface area contributed by atoms with Gasteiger partial charge in [-0.1, -0.05) is 19.3 Å². The van der Waals surface area contributed by atoms with Gasteiger partial charge >= 0.3 is 0 Å². The Bertz CT molecular complexity index is 504. The second-order valence-corrected chi connectivity index (χ2v) is 6.34. The van der Waals surface area contributed by atoms with Crippen LogP contribution in [0.2, 0.25) is 0 Å². The minimum Gasteiger partial charge on any atom is -0.489 e. The molecule has 2 fully saturated rings. The molecule has 1 amide bonds. The van der Waals surface area contributed by atoms with Crippen molar-refractivity contribution in [1.29, 1.82) is 0 Å². The number of ether oxygens (including phenoxy) is 1. The van der Waals surface area contributed by atoms with Gasteiger partial charge in [0.2, 0.25) is 5.91 Å². The molecule has 1 saturated heterocycles. The number of pyridine rings is 1. The molecule has 7 heteroatoms. The summed E-state index contributed by atoms with van der Waals surface area (Å²) < 4.78 is 5.95. The molecule has 2 N–H and O–H groups in total. The minimum atomic E-state index is 0. The van der Waals surface area contributed by atoms with Gasteiger partial charge in [-0.15, -0.1) is 24.8 Å². The van der Waals surface area contributed by atoms with Crippen molar-refractivity contribution in [2.45, 2.75) is 38.5 Å². The maximum atomic E-state index is 12.2. The Kier molecular flexibility index (Phi) is 9.41. The lowest BCUT2D eigenvalue weighted by atomic mass is 9.90. The summed E-state index contributed by atoms with van der Waals surface area (Å²) in [7, 11) is 0. The number of rotatable bonds is 5. The molecular formula is C17H27Cl2N3O2. The minimum absolute atomic E-state index is 0. The van der Waals surface area contributed by atoms with Crippen molar-refractivity contribution in [3.63, 3.8) is 0 Å². The molecule has 5 nitrogen and oxygen atoms in total. The second kappa shape index (κ2) is 10.7. The number of carbonyl (C=O) groups is 1. The fourth-order valence-electron chi connectivity index (χ4n) is 3.26. The van der Waals surface area contributed by atoms with Crippen LogP contribution < -0.4 is 15.4 Å². The molecule has 1 atom stereocenters. The molecule has 2 aliphatic rings. The molecule has 2 heterocycles. The van der Waals surface area contributed by atoms with Gasteiger partial charge in [-0.2, -0.15) is 0 Å². The first kappa shape index (κ1) is 21.0. The first-order valence-corrected chi connectivity index (χ1v) is 8.42. The standard InChI is InChI=1S/C17H25N3O2.2ClH/c21-17(14-8-10-18-11-14)20-16-15(7-4-9-19-16)22-12-13-5-2-1-3-6-13;;/h4,7,9,13-14,18H,1-3,5-6,8,10-12H2,(H,19,20,21);2*1H. The molecule has 1 unspecified atom stereocenters. The molecule has 0 aromatic carbocycles. The third-order valence-electron chi connectivity index (χ3n) is 4.64. The Labute approximate surface area is 156 Å². The summed E-state index contributed by atoms with van der Waals surface area (Å²) >= 11 is 0. The summed E-state index contributed by atoms with van der Waals surface area (Å²) in [5.74, 6) is 1.94.